The maximum atomic E-state index is 6.11. The minimum absolute atomic E-state index is 0.902. The van der Waals surface area contributed by atoms with Crippen LogP contribution in [0.5, 0.6) is 0 Å². The molecule has 6 rings (SSSR count). The molecular weight excluding hydrogens is 320 g/mol. The standard InChI is InChI=1S/C23H14N2O/c1-3-9-18-15(7-1)16-12-13-20-22(17-8-2-4-10-19(17)26-20)23(16)25(18)21-11-5-6-14-24-21/h1-14H. The lowest BCUT2D eigenvalue weighted by Crippen LogP contribution is -1.96. The Morgan fingerprint density at radius 3 is 2.35 bits per heavy atom. The lowest BCUT2D eigenvalue weighted by Gasteiger charge is -2.07. The van der Waals surface area contributed by atoms with Crippen LogP contribution >= 0.6 is 0 Å². The number of furan rings is 1. The number of hydrogen-bond acceptors (Lipinski definition) is 2. The first-order chi connectivity index (χ1) is 12.9. The molecular formula is C23H14N2O. The average molecular weight is 334 g/mol. The third-order valence-electron chi connectivity index (χ3n) is 5.05. The summed E-state index contributed by atoms with van der Waals surface area (Å²) in [6, 6.07) is 26.9. The Balaban J connectivity index is 1.96. The first kappa shape index (κ1) is 13.7. The summed E-state index contributed by atoms with van der Waals surface area (Å²) in [6.45, 7) is 0. The molecule has 26 heavy (non-hydrogen) atoms. The molecule has 3 heterocycles. The fraction of sp³-hybridized carbons (Fsp3) is 0. The van der Waals surface area contributed by atoms with Crippen LogP contribution in [0.1, 0.15) is 0 Å². The number of benzene rings is 3. The van der Waals surface area contributed by atoms with E-state index in [1.807, 2.05) is 36.5 Å². The van der Waals surface area contributed by atoms with Gasteiger partial charge in [0.25, 0.3) is 0 Å². The highest BCUT2D eigenvalue weighted by Gasteiger charge is 2.18. The van der Waals surface area contributed by atoms with Gasteiger partial charge < -0.3 is 4.42 Å². The summed E-state index contributed by atoms with van der Waals surface area (Å²) in [5.74, 6) is 0.913. The van der Waals surface area contributed by atoms with E-state index in [9.17, 15) is 0 Å². The molecule has 0 aliphatic heterocycles. The van der Waals surface area contributed by atoms with E-state index in [1.54, 1.807) is 0 Å². The fourth-order valence-electron chi connectivity index (χ4n) is 3.99. The third-order valence-corrected chi connectivity index (χ3v) is 5.05. The highest BCUT2D eigenvalue weighted by Crippen LogP contribution is 2.40. The van der Waals surface area contributed by atoms with Crippen LogP contribution in [0.3, 0.4) is 0 Å². The molecule has 3 aromatic carbocycles. The number of pyridine rings is 1. The van der Waals surface area contributed by atoms with Gasteiger partial charge in [0.1, 0.15) is 17.0 Å². The van der Waals surface area contributed by atoms with Crippen LogP contribution < -0.4 is 0 Å². The summed E-state index contributed by atoms with van der Waals surface area (Å²) in [7, 11) is 0. The summed E-state index contributed by atoms with van der Waals surface area (Å²) in [4.78, 5) is 4.63. The zero-order valence-corrected chi connectivity index (χ0v) is 13.9. The average Bonchev–Trinajstić information content (AvgIpc) is 3.24. The van der Waals surface area contributed by atoms with E-state index in [2.05, 4.69) is 58.1 Å². The Bertz CT molecular complexity index is 1420. The highest BCUT2D eigenvalue weighted by atomic mass is 16.3. The van der Waals surface area contributed by atoms with Crippen LogP contribution in [-0.2, 0) is 0 Å². The zero-order chi connectivity index (χ0) is 17.1. The molecule has 0 radical (unpaired) electrons. The number of aromatic nitrogens is 2. The van der Waals surface area contributed by atoms with Crippen molar-refractivity contribution >= 4 is 43.7 Å². The molecule has 6 aromatic rings. The van der Waals surface area contributed by atoms with E-state index < -0.39 is 0 Å². The Morgan fingerprint density at radius 2 is 1.46 bits per heavy atom. The second-order valence-electron chi connectivity index (χ2n) is 6.47. The molecule has 0 spiro atoms. The topological polar surface area (TPSA) is 31.0 Å². The maximum absolute atomic E-state index is 6.11. The molecule has 0 amide bonds. The largest absolute Gasteiger partial charge is 0.456 e. The van der Waals surface area contributed by atoms with Crippen molar-refractivity contribution in [3.63, 3.8) is 0 Å². The number of nitrogens with zero attached hydrogens (tertiary/aromatic N) is 2. The predicted octanol–water partition coefficient (Wildman–Crippen LogP) is 6.08. The van der Waals surface area contributed by atoms with Gasteiger partial charge in [0.15, 0.2) is 0 Å². The summed E-state index contributed by atoms with van der Waals surface area (Å²) in [6.07, 6.45) is 1.84. The van der Waals surface area contributed by atoms with Crippen molar-refractivity contribution in [1.82, 2.24) is 9.55 Å². The Kier molecular flexibility index (Phi) is 2.61. The van der Waals surface area contributed by atoms with Gasteiger partial charge in [-0.2, -0.15) is 0 Å². The minimum Gasteiger partial charge on any atom is -0.456 e. The van der Waals surface area contributed by atoms with Crippen molar-refractivity contribution in [2.45, 2.75) is 0 Å². The van der Waals surface area contributed by atoms with E-state index in [0.29, 0.717) is 0 Å². The van der Waals surface area contributed by atoms with Crippen molar-refractivity contribution < 1.29 is 4.42 Å². The second kappa shape index (κ2) is 4.96. The van der Waals surface area contributed by atoms with Gasteiger partial charge in [0, 0.05) is 22.4 Å². The summed E-state index contributed by atoms with van der Waals surface area (Å²) >= 11 is 0. The van der Waals surface area contributed by atoms with Crippen molar-refractivity contribution in [3.05, 3.63) is 85.1 Å². The van der Waals surface area contributed by atoms with E-state index in [1.165, 1.54) is 10.8 Å². The van der Waals surface area contributed by atoms with Gasteiger partial charge in [0.05, 0.1) is 16.4 Å². The summed E-state index contributed by atoms with van der Waals surface area (Å²) in [5, 5.41) is 4.71. The van der Waals surface area contributed by atoms with Gasteiger partial charge in [-0.15, -0.1) is 0 Å². The molecule has 0 atom stereocenters. The van der Waals surface area contributed by atoms with Crippen LogP contribution in [0, 0.1) is 0 Å². The smallest absolute Gasteiger partial charge is 0.137 e. The molecule has 122 valence electrons. The molecule has 0 unspecified atom stereocenters. The monoisotopic (exact) mass is 334 g/mol. The van der Waals surface area contributed by atoms with Gasteiger partial charge in [-0.3, -0.25) is 4.57 Å². The van der Waals surface area contributed by atoms with E-state index in [-0.39, 0.29) is 0 Å². The molecule has 3 aromatic heterocycles. The Morgan fingerprint density at radius 1 is 0.654 bits per heavy atom. The lowest BCUT2D eigenvalue weighted by atomic mass is 10.1. The van der Waals surface area contributed by atoms with E-state index in [4.69, 9.17) is 4.42 Å². The molecule has 0 saturated carbocycles. The van der Waals surface area contributed by atoms with Gasteiger partial charge in [0.2, 0.25) is 0 Å². The van der Waals surface area contributed by atoms with E-state index in [0.717, 1.165) is 38.8 Å². The number of fused-ring (bicyclic) bond motifs is 7. The summed E-state index contributed by atoms with van der Waals surface area (Å²) < 4.78 is 8.36. The quantitative estimate of drug-likeness (QED) is 0.365. The number of hydrogen-bond donors (Lipinski definition) is 0. The van der Waals surface area contributed by atoms with Crippen LogP contribution in [0.15, 0.2) is 89.5 Å². The Hall–Kier alpha value is -3.59. The first-order valence-corrected chi connectivity index (χ1v) is 8.66. The number of para-hydroxylation sites is 2. The second-order valence-corrected chi connectivity index (χ2v) is 6.47. The van der Waals surface area contributed by atoms with E-state index >= 15 is 0 Å². The zero-order valence-electron chi connectivity index (χ0n) is 13.9. The van der Waals surface area contributed by atoms with Gasteiger partial charge in [-0.1, -0.05) is 42.5 Å². The van der Waals surface area contributed by atoms with Gasteiger partial charge in [-0.05, 0) is 36.4 Å². The molecule has 0 fully saturated rings. The maximum Gasteiger partial charge on any atom is 0.137 e. The minimum atomic E-state index is 0.902. The van der Waals surface area contributed by atoms with Gasteiger partial charge in [-0.25, -0.2) is 4.98 Å². The molecule has 0 aliphatic rings. The molecule has 0 N–H and O–H groups in total. The lowest BCUT2D eigenvalue weighted by molar-refractivity contribution is 0.669. The van der Waals surface area contributed by atoms with Crippen molar-refractivity contribution in [2.24, 2.45) is 0 Å². The third kappa shape index (κ3) is 1.69. The molecule has 0 aliphatic carbocycles. The van der Waals surface area contributed by atoms with Crippen molar-refractivity contribution in [3.8, 4) is 5.82 Å². The van der Waals surface area contributed by atoms with Crippen molar-refractivity contribution in [1.29, 1.82) is 0 Å². The van der Waals surface area contributed by atoms with Crippen LogP contribution in [0.25, 0.3) is 49.6 Å². The molecule has 0 saturated heterocycles. The van der Waals surface area contributed by atoms with Crippen LogP contribution in [0.4, 0.5) is 0 Å². The van der Waals surface area contributed by atoms with Crippen LogP contribution in [-0.4, -0.2) is 9.55 Å². The normalized spacial score (nSPS) is 11.8. The molecule has 0 bridgehead atoms. The van der Waals surface area contributed by atoms with Gasteiger partial charge >= 0.3 is 0 Å². The molecule has 3 heteroatoms. The highest BCUT2D eigenvalue weighted by molar-refractivity contribution is 6.24. The fourth-order valence-corrected chi connectivity index (χ4v) is 3.99. The Labute approximate surface area is 149 Å². The SMILES string of the molecule is c1ccc(-n2c3ccccc3c3ccc4oc5ccccc5c4c32)nc1. The molecule has 3 nitrogen and oxygen atoms in total. The first-order valence-electron chi connectivity index (χ1n) is 8.66. The summed E-state index contributed by atoms with van der Waals surface area (Å²) in [5.41, 5.74) is 4.11. The van der Waals surface area contributed by atoms with Crippen molar-refractivity contribution in [2.75, 3.05) is 0 Å². The number of rotatable bonds is 1. The predicted molar refractivity (Wildman–Crippen MR) is 106 cm³/mol. The van der Waals surface area contributed by atoms with Crippen LogP contribution in [0.2, 0.25) is 0 Å².